The number of ether oxygens (including phenoxy) is 1. The Kier molecular flexibility index (Phi) is 2.73. The van der Waals surface area contributed by atoms with Crippen LogP contribution in [0.2, 0.25) is 0 Å². The Morgan fingerprint density at radius 2 is 2.23 bits per heavy atom. The van der Waals surface area contributed by atoms with E-state index < -0.39 is 11.7 Å². The Morgan fingerprint density at radius 3 is 2.62 bits per heavy atom. The highest BCUT2D eigenvalue weighted by molar-refractivity contribution is 5.11. The molecule has 0 bridgehead atoms. The van der Waals surface area contributed by atoms with Crippen molar-refractivity contribution in [2.75, 3.05) is 7.11 Å². The van der Waals surface area contributed by atoms with Crippen molar-refractivity contribution in [3.63, 3.8) is 0 Å². The number of nitrogens with zero attached hydrogens (tertiary/aromatic N) is 2. The van der Waals surface area contributed by atoms with Crippen molar-refractivity contribution in [3.8, 4) is 0 Å². The average molecular weight is 184 g/mol. The van der Waals surface area contributed by atoms with Crippen LogP contribution in [0.5, 0.6) is 0 Å². The summed E-state index contributed by atoms with van der Waals surface area (Å²) in [5.41, 5.74) is 0.192. The van der Waals surface area contributed by atoms with Crippen LogP contribution >= 0.6 is 0 Å². The fraction of sp³-hybridized carbons (Fsp3) is 0.667. The largest absolute Gasteiger partial charge is 0.385 e. The van der Waals surface area contributed by atoms with Crippen molar-refractivity contribution in [1.82, 2.24) is 9.78 Å². The summed E-state index contributed by atoms with van der Waals surface area (Å²) in [6, 6.07) is 0. The van der Waals surface area contributed by atoms with Crippen LogP contribution in [-0.4, -0.2) is 27.6 Å². The molecule has 0 saturated carbocycles. The minimum atomic E-state index is -0.647. The van der Waals surface area contributed by atoms with Gasteiger partial charge in [-0.2, -0.15) is 5.10 Å². The number of aliphatic hydroxyl groups excluding tert-OH is 1. The summed E-state index contributed by atoms with van der Waals surface area (Å²) < 4.78 is 6.83. The lowest BCUT2D eigenvalue weighted by molar-refractivity contribution is -0.0793. The summed E-state index contributed by atoms with van der Waals surface area (Å²) in [6.45, 7) is 3.68. The molecule has 74 valence electrons. The monoisotopic (exact) mass is 184 g/mol. The van der Waals surface area contributed by atoms with E-state index >= 15 is 0 Å². The molecule has 0 amide bonds. The van der Waals surface area contributed by atoms with Gasteiger partial charge in [0, 0.05) is 25.9 Å². The van der Waals surface area contributed by atoms with E-state index in [9.17, 15) is 5.11 Å². The van der Waals surface area contributed by atoms with Gasteiger partial charge in [0.2, 0.25) is 0 Å². The highest BCUT2D eigenvalue weighted by Gasteiger charge is 2.29. The molecule has 0 spiro atoms. The standard InChI is InChI=1S/C9H16N2O2/c1-9(2,13-4)8(12)7-5-10-11(3)6-7/h5-6,8,12H,1-4H3. The predicted molar refractivity (Wildman–Crippen MR) is 49.3 cm³/mol. The highest BCUT2D eigenvalue weighted by atomic mass is 16.5. The van der Waals surface area contributed by atoms with Gasteiger partial charge in [-0.1, -0.05) is 0 Å². The normalized spacial score (nSPS) is 14.5. The van der Waals surface area contributed by atoms with E-state index in [0.29, 0.717) is 0 Å². The molecule has 0 fully saturated rings. The number of rotatable bonds is 3. The van der Waals surface area contributed by atoms with Crippen molar-refractivity contribution in [2.24, 2.45) is 7.05 Å². The molecule has 0 radical (unpaired) electrons. The Morgan fingerprint density at radius 1 is 1.62 bits per heavy atom. The maximum atomic E-state index is 9.88. The lowest BCUT2D eigenvalue weighted by atomic mass is 9.97. The zero-order chi connectivity index (χ0) is 10.1. The minimum absolute atomic E-state index is 0.580. The lowest BCUT2D eigenvalue weighted by Gasteiger charge is -2.28. The second-order valence-corrected chi connectivity index (χ2v) is 3.66. The third-order valence-electron chi connectivity index (χ3n) is 2.23. The molecule has 13 heavy (non-hydrogen) atoms. The smallest absolute Gasteiger partial charge is 0.110 e. The molecule has 1 unspecified atom stereocenters. The van der Waals surface area contributed by atoms with Crippen LogP contribution in [0, 0.1) is 0 Å². The third kappa shape index (κ3) is 2.08. The average Bonchev–Trinajstić information content (AvgIpc) is 2.50. The van der Waals surface area contributed by atoms with Crippen LogP contribution in [-0.2, 0) is 11.8 Å². The number of aryl methyl sites for hydroxylation is 1. The van der Waals surface area contributed by atoms with Crippen molar-refractivity contribution in [3.05, 3.63) is 18.0 Å². The first-order valence-corrected chi connectivity index (χ1v) is 4.19. The van der Waals surface area contributed by atoms with Gasteiger partial charge in [-0.3, -0.25) is 4.68 Å². The molecule has 1 rings (SSSR count). The quantitative estimate of drug-likeness (QED) is 0.758. The molecule has 0 aromatic carbocycles. The van der Waals surface area contributed by atoms with E-state index in [-0.39, 0.29) is 0 Å². The molecule has 1 N–H and O–H groups in total. The zero-order valence-electron chi connectivity index (χ0n) is 8.48. The number of aliphatic hydroxyl groups is 1. The summed E-state index contributed by atoms with van der Waals surface area (Å²) in [5.74, 6) is 0. The number of hydrogen-bond donors (Lipinski definition) is 1. The molecule has 1 aromatic rings. The van der Waals surface area contributed by atoms with Crippen LogP contribution < -0.4 is 0 Å². The van der Waals surface area contributed by atoms with Gasteiger partial charge < -0.3 is 9.84 Å². The summed E-state index contributed by atoms with van der Waals surface area (Å²) in [4.78, 5) is 0. The molecule has 0 aliphatic heterocycles. The van der Waals surface area contributed by atoms with Crippen molar-refractivity contribution >= 4 is 0 Å². The topological polar surface area (TPSA) is 47.3 Å². The van der Waals surface area contributed by atoms with E-state index in [2.05, 4.69) is 5.10 Å². The molecule has 4 heteroatoms. The minimum Gasteiger partial charge on any atom is -0.385 e. The number of aromatic nitrogens is 2. The molecule has 0 aliphatic carbocycles. The molecular weight excluding hydrogens is 168 g/mol. The highest BCUT2D eigenvalue weighted by Crippen LogP contribution is 2.27. The Balaban J connectivity index is 2.84. The van der Waals surface area contributed by atoms with Crippen LogP contribution in [0.25, 0.3) is 0 Å². The van der Waals surface area contributed by atoms with Crippen molar-refractivity contribution < 1.29 is 9.84 Å². The molecule has 1 heterocycles. The zero-order valence-corrected chi connectivity index (χ0v) is 8.48. The van der Waals surface area contributed by atoms with Gasteiger partial charge in [-0.05, 0) is 13.8 Å². The van der Waals surface area contributed by atoms with Gasteiger partial charge >= 0.3 is 0 Å². The summed E-state index contributed by atoms with van der Waals surface area (Å²) >= 11 is 0. The molecule has 1 aromatic heterocycles. The van der Waals surface area contributed by atoms with Gasteiger partial charge in [0.15, 0.2) is 0 Å². The van der Waals surface area contributed by atoms with Gasteiger partial charge in [-0.15, -0.1) is 0 Å². The van der Waals surface area contributed by atoms with Crippen molar-refractivity contribution in [2.45, 2.75) is 25.6 Å². The predicted octanol–water partition coefficient (Wildman–Crippen LogP) is 0.879. The first kappa shape index (κ1) is 10.2. The Labute approximate surface area is 78.1 Å². The van der Waals surface area contributed by atoms with Crippen LogP contribution in [0.4, 0.5) is 0 Å². The van der Waals surface area contributed by atoms with Crippen LogP contribution in [0.3, 0.4) is 0 Å². The molecule has 0 saturated heterocycles. The van der Waals surface area contributed by atoms with Gasteiger partial charge in [-0.25, -0.2) is 0 Å². The molecule has 1 atom stereocenters. The summed E-state index contributed by atoms with van der Waals surface area (Å²) in [5, 5.41) is 13.9. The fourth-order valence-electron chi connectivity index (χ4n) is 1.09. The summed E-state index contributed by atoms with van der Waals surface area (Å²) in [6.07, 6.45) is 2.78. The number of hydrogen-bond acceptors (Lipinski definition) is 3. The summed E-state index contributed by atoms with van der Waals surface area (Å²) in [7, 11) is 3.40. The van der Waals surface area contributed by atoms with Gasteiger partial charge in [0.25, 0.3) is 0 Å². The van der Waals surface area contributed by atoms with E-state index in [1.165, 1.54) is 0 Å². The van der Waals surface area contributed by atoms with Crippen molar-refractivity contribution in [1.29, 1.82) is 0 Å². The lowest BCUT2D eigenvalue weighted by Crippen LogP contribution is -2.31. The molecule has 0 aliphatic rings. The second kappa shape index (κ2) is 3.47. The third-order valence-corrected chi connectivity index (χ3v) is 2.23. The van der Waals surface area contributed by atoms with Gasteiger partial charge in [0.1, 0.15) is 6.10 Å². The van der Waals surface area contributed by atoms with E-state index in [1.807, 2.05) is 20.9 Å². The van der Waals surface area contributed by atoms with Crippen LogP contribution in [0.15, 0.2) is 12.4 Å². The number of methoxy groups -OCH3 is 1. The van der Waals surface area contributed by atoms with E-state index in [1.54, 1.807) is 24.2 Å². The molecular formula is C9H16N2O2. The second-order valence-electron chi connectivity index (χ2n) is 3.66. The maximum Gasteiger partial charge on any atom is 0.110 e. The van der Waals surface area contributed by atoms with E-state index in [4.69, 9.17) is 4.74 Å². The van der Waals surface area contributed by atoms with E-state index in [0.717, 1.165) is 5.56 Å². The van der Waals surface area contributed by atoms with Crippen LogP contribution in [0.1, 0.15) is 25.5 Å². The Hall–Kier alpha value is -0.870. The first-order chi connectivity index (χ1) is 5.97. The fourth-order valence-corrected chi connectivity index (χ4v) is 1.09. The maximum absolute atomic E-state index is 9.88. The Bertz CT molecular complexity index is 281. The first-order valence-electron chi connectivity index (χ1n) is 4.19. The van der Waals surface area contributed by atoms with Gasteiger partial charge in [0.05, 0.1) is 11.8 Å². The molecule has 4 nitrogen and oxygen atoms in total. The SMILES string of the molecule is COC(C)(C)C(O)c1cnn(C)c1.